The quantitative estimate of drug-likeness (QED) is 0.856. The smallest absolute Gasteiger partial charge is 0.270 e. The van der Waals surface area contributed by atoms with E-state index in [-0.39, 0.29) is 18.6 Å². The first-order chi connectivity index (χ1) is 11.8. The van der Waals surface area contributed by atoms with Gasteiger partial charge in [0, 0.05) is 30.6 Å². The number of nitrogens with one attached hydrogen (secondary N) is 1. The van der Waals surface area contributed by atoms with Gasteiger partial charge in [-0.2, -0.15) is 0 Å². The molecule has 5 heteroatoms. The molecule has 2 N–H and O–H groups in total. The van der Waals surface area contributed by atoms with Crippen LogP contribution in [0.3, 0.4) is 0 Å². The van der Waals surface area contributed by atoms with Crippen LogP contribution < -0.4 is 5.32 Å². The molecule has 2 aromatic rings. The lowest BCUT2D eigenvalue weighted by Gasteiger charge is -2.24. The van der Waals surface area contributed by atoms with Gasteiger partial charge in [0.25, 0.3) is 5.91 Å². The van der Waals surface area contributed by atoms with E-state index in [2.05, 4.69) is 15.3 Å². The van der Waals surface area contributed by atoms with Crippen LogP contribution in [0, 0.1) is 5.92 Å². The third-order valence-corrected chi connectivity index (χ3v) is 4.69. The van der Waals surface area contributed by atoms with Gasteiger partial charge in [0.1, 0.15) is 5.69 Å². The van der Waals surface area contributed by atoms with E-state index in [4.69, 9.17) is 0 Å². The van der Waals surface area contributed by atoms with E-state index in [9.17, 15) is 9.90 Å². The van der Waals surface area contributed by atoms with E-state index in [1.165, 1.54) is 12.8 Å². The summed E-state index contributed by atoms with van der Waals surface area (Å²) in [4.78, 5) is 21.4. The van der Waals surface area contributed by atoms with Crippen LogP contribution in [0.15, 0.2) is 42.7 Å². The highest BCUT2D eigenvalue weighted by Gasteiger charge is 2.27. The topological polar surface area (TPSA) is 75.1 Å². The molecule has 24 heavy (non-hydrogen) atoms. The molecule has 0 radical (unpaired) electrons. The van der Waals surface area contributed by atoms with Crippen molar-refractivity contribution >= 4 is 5.91 Å². The fourth-order valence-corrected chi connectivity index (χ4v) is 3.48. The highest BCUT2D eigenvalue weighted by Crippen LogP contribution is 2.29. The molecule has 0 aliphatic heterocycles. The van der Waals surface area contributed by atoms with Crippen molar-refractivity contribution in [2.45, 2.75) is 38.1 Å². The lowest BCUT2D eigenvalue weighted by atomic mass is 9.95. The van der Waals surface area contributed by atoms with Crippen molar-refractivity contribution in [2.75, 3.05) is 6.61 Å². The van der Waals surface area contributed by atoms with E-state index in [1.807, 2.05) is 30.3 Å². The van der Waals surface area contributed by atoms with E-state index >= 15 is 0 Å². The second-order valence-electron chi connectivity index (χ2n) is 6.25. The first-order valence-corrected chi connectivity index (χ1v) is 8.57. The van der Waals surface area contributed by atoms with Gasteiger partial charge in [-0.15, -0.1) is 0 Å². The molecule has 2 aromatic heterocycles. The zero-order chi connectivity index (χ0) is 16.8. The minimum atomic E-state index is -0.193. The molecule has 0 saturated heterocycles. The highest BCUT2D eigenvalue weighted by molar-refractivity contribution is 5.98. The fraction of sp³-hybridized carbons (Fsp3) is 0.421. The van der Waals surface area contributed by atoms with Crippen LogP contribution in [0.2, 0.25) is 0 Å². The van der Waals surface area contributed by atoms with Gasteiger partial charge in [0.2, 0.25) is 0 Å². The monoisotopic (exact) mass is 325 g/mol. The van der Waals surface area contributed by atoms with Gasteiger partial charge in [-0.1, -0.05) is 18.9 Å². The standard InChI is InChI=1S/C19H23N3O2/c23-13-10-16(14-6-1-2-7-14)22-19(24)18-15(8-5-12-21-18)17-9-3-4-11-20-17/h3-5,8-9,11-12,14,16,23H,1-2,6-7,10,13H2,(H,22,24). The molecule has 1 saturated carbocycles. The van der Waals surface area contributed by atoms with E-state index in [0.29, 0.717) is 18.0 Å². The number of nitrogens with zero attached hydrogens (tertiary/aromatic N) is 2. The second kappa shape index (κ2) is 8.02. The molecule has 1 fully saturated rings. The summed E-state index contributed by atoms with van der Waals surface area (Å²) in [6.07, 6.45) is 8.54. The van der Waals surface area contributed by atoms with E-state index in [1.54, 1.807) is 12.4 Å². The average molecular weight is 325 g/mol. The maximum Gasteiger partial charge on any atom is 0.270 e. The predicted molar refractivity (Wildman–Crippen MR) is 92.4 cm³/mol. The van der Waals surface area contributed by atoms with Gasteiger partial charge < -0.3 is 10.4 Å². The summed E-state index contributed by atoms with van der Waals surface area (Å²) in [7, 11) is 0. The Morgan fingerprint density at radius 1 is 1.17 bits per heavy atom. The van der Waals surface area contributed by atoms with Gasteiger partial charge >= 0.3 is 0 Å². The summed E-state index contributed by atoms with van der Waals surface area (Å²) in [6.45, 7) is 0.0801. The lowest BCUT2D eigenvalue weighted by Crippen LogP contribution is -2.40. The molecule has 5 nitrogen and oxygen atoms in total. The molecular formula is C19H23N3O2. The van der Waals surface area contributed by atoms with Gasteiger partial charge in [-0.05, 0) is 49.4 Å². The summed E-state index contributed by atoms with van der Waals surface area (Å²) in [5, 5.41) is 12.4. The van der Waals surface area contributed by atoms with Crippen LogP contribution in [0.4, 0.5) is 0 Å². The molecule has 1 unspecified atom stereocenters. The van der Waals surface area contributed by atoms with Gasteiger partial charge in [-0.3, -0.25) is 14.8 Å². The molecule has 2 heterocycles. The van der Waals surface area contributed by atoms with Crippen molar-refractivity contribution in [3.63, 3.8) is 0 Å². The molecule has 1 amide bonds. The van der Waals surface area contributed by atoms with Gasteiger partial charge in [0.15, 0.2) is 0 Å². The lowest BCUT2D eigenvalue weighted by molar-refractivity contribution is 0.0907. The Morgan fingerprint density at radius 2 is 1.96 bits per heavy atom. The predicted octanol–water partition coefficient (Wildman–Crippen LogP) is 2.81. The summed E-state index contributed by atoms with van der Waals surface area (Å²) in [5.41, 5.74) is 1.84. The number of aromatic nitrogens is 2. The Hall–Kier alpha value is -2.27. The van der Waals surface area contributed by atoms with Crippen LogP contribution in [0.25, 0.3) is 11.3 Å². The van der Waals surface area contributed by atoms with Crippen molar-refractivity contribution in [3.05, 3.63) is 48.4 Å². The number of hydrogen-bond donors (Lipinski definition) is 2. The van der Waals surface area contributed by atoms with E-state index in [0.717, 1.165) is 24.1 Å². The number of hydrogen-bond acceptors (Lipinski definition) is 4. The number of carbonyl (C=O) groups excluding carboxylic acids is 1. The molecule has 3 rings (SSSR count). The SMILES string of the molecule is O=C(NC(CCO)C1CCCC1)c1ncccc1-c1ccccn1. The largest absolute Gasteiger partial charge is 0.396 e. The summed E-state index contributed by atoms with van der Waals surface area (Å²) in [6, 6.07) is 9.28. The first kappa shape index (κ1) is 16.6. The molecule has 1 aliphatic carbocycles. The maximum absolute atomic E-state index is 12.8. The number of amides is 1. The number of aliphatic hydroxyl groups is 1. The number of carbonyl (C=O) groups is 1. The minimum absolute atomic E-state index is 0.00332. The Bertz CT molecular complexity index is 669. The Labute approximate surface area is 142 Å². The Kier molecular flexibility index (Phi) is 5.54. The third kappa shape index (κ3) is 3.79. The fourth-order valence-electron chi connectivity index (χ4n) is 3.48. The van der Waals surface area contributed by atoms with Crippen molar-refractivity contribution in [1.82, 2.24) is 15.3 Å². The summed E-state index contributed by atoms with van der Waals surface area (Å²) in [5.74, 6) is 0.254. The summed E-state index contributed by atoms with van der Waals surface area (Å²) < 4.78 is 0. The first-order valence-electron chi connectivity index (χ1n) is 8.57. The molecule has 1 aliphatic rings. The molecular weight excluding hydrogens is 302 g/mol. The Balaban J connectivity index is 1.82. The van der Waals surface area contributed by atoms with Gasteiger partial charge in [0.05, 0.1) is 5.69 Å². The molecule has 0 aromatic carbocycles. The summed E-state index contributed by atoms with van der Waals surface area (Å²) >= 11 is 0. The number of rotatable bonds is 6. The maximum atomic E-state index is 12.8. The van der Waals surface area contributed by atoms with Crippen LogP contribution in [0.1, 0.15) is 42.6 Å². The zero-order valence-electron chi connectivity index (χ0n) is 13.7. The Morgan fingerprint density at radius 3 is 2.67 bits per heavy atom. The van der Waals surface area contributed by atoms with Gasteiger partial charge in [-0.25, -0.2) is 0 Å². The third-order valence-electron chi connectivity index (χ3n) is 4.69. The van der Waals surface area contributed by atoms with Crippen LogP contribution in [-0.2, 0) is 0 Å². The highest BCUT2D eigenvalue weighted by atomic mass is 16.3. The minimum Gasteiger partial charge on any atom is -0.396 e. The van der Waals surface area contributed by atoms with Crippen molar-refractivity contribution < 1.29 is 9.90 Å². The van der Waals surface area contributed by atoms with Crippen LogP contribution >= 0.6 is 0 Å². The number of aliphatic hydroxyl groups excluding tert-OH is 1. The van der Waals surface area contributed by atoms with Crippen molar-refractivity contribution in [2.24, 2.45) is 5.92 Å². The average Bonchev–Trinajstić information content (AvgIpc) is 3.16. The second-order valence-corrected chi connectivity index (χ2v) is 6.25. The normalized spacial score (nSPS) is 16.0. The van der Waals surface area contributed by atoms with Crippen LogP contribution in [-0.4, -0.2) is 33.6 Å². The molecule has 0 spiro atoms. The van der Waals surface area contributed by atoms with Crippen molar-refractivity contribution in [1.29, 1.82) is 0 Å². The van der Waals surface area contributed by atoms with Crippen LogP contribution in [0.5, 0.6) is 0 Å². The zero-order valence-corrected chi connectivity index (χ0v) is 13.7. The molecule has 126 valence electrons. The van der Waals surface area contributed by atoms with Crippen molar-refractivity contribution in [3.8, 4) is 11.3 Å². The van der Waals surface area contributed by atoms with E-state index < -0.39 is 0 Å². The number of pyridine rings is 2. The molecule has 0 bridgehead atoms. The molecule has 1 atom stereocenters.